The van der Waals surface area contributed by atoms with E-state index in [1.807, 2.05) is 6.92 Å². The predicted octanol–water partition coefficient (Wildman–Crippen LogP) is 2.41. The monoisotopic (exact) mass is 389 g/mol. The number of nitrogens with zero attached hydrogens (tertiary/aromatic N) is 5. The van der Waals surface area contributed by atoms with E-state index in [0.717, 1.165) is 68.8 Å². The van der Waals surface area contributed by atoms with Gasteiger partial charge in [-0.1, -0.05) is 0 Å². The second-order valence-electron chi connectivity index (χ2n) is 8.05. The molecule has 148 valence electrons. The number of hydrogen-bond acceptors (Lipinski definition) is 7. The highest BCUT2D eigenvalue weighted by molar-refractivity contribution is 7.18. The summed E-state index contributed by atoms with van der Waals surface area (Å²) in [6.45, 7) is 14.0. The van der Waals surface area contributed by atoms with Crippen LogP contribution in [0.4, 0.5) is 5.82 Å². The molecule has 0 unspecified atom stereocenters. The summed E-state index contributed by atoms with van der Waals surface area (Å²) in [6, 6.07) is 0. The summed E-state index contributed by atoms with van der Waals surface area (Å²) in [5, 5.41) is 10.9. The minimum atomic E-state index is -0.267. The van der Waals surface area contributed by atoms with Crippen molar-refractivity contribution in [2.45, 2.75) is 46.3 Å². The Bertz CT molecular complexity index is 791. The van der Waals surface area contributed by atoms with Crippen molar-refractivity contribution in [1.29, 1.82) is 0 Å². The van der Waals surface area contributed by atoms with E-state index in [1.165, 1.54) is 28.7 Å². The van der Waals surface area contributed by atoms with Crippen LogP contribution in [-0.2, 0) is 6.54 Å². The molecule has 0 bridgehead atoms. The SMILES string of the molecule is Cc1sc2nc(CN3CCCC3)nc(N3CCN(C[C@H](C)O)CC3)c2c1C. The molecule has 2 aliphatic heterocycles. The molecule has 4 heterocycles. The molecule has 2 aromatic rings. The minimum Gasteiger partial charge on any atom is -0.392 e. The number of rotatable bonds is 5. The summed E-state index contributed by atoms with van der Waals surface area (Å²) in [5.41, 5.74) is 1.32. The summed E-state index contributed by atoms with van der Waals surface area (Å²) in [6.07, 6.45) is 2.31. The zero-order valence-electron chi connectivity index (χ0n) is 16.7. The summed E-state index contributed by atoms with van der Waals surface area (Å²) in [4.78, 5) is 19.7. The van der Waals surface area contributed by atoms with E-state index in [0.29, 0.717) is 0 Å². The summed E-state index contributed by atoms with van der Waals surface area (Å²) in [7, 11) is 0. The molecule has 1 N–H and O–H groups in total. The Kier molecular flexibility index (Phi) is 5.64. The minimum absolute atomic E-state index is 0.267. The first kappa shape index (κ1) is 19.1. The van der Waals surface area contributed by atoms with Crippen LogP contribution in [0.15, 0.2) is 0 Å². The molecule has 7 heteroatoms. The Morgan fingerprint density at radius 3 is 2.37 bits per heavy atom. The lowest BCUT2D eigenvalue weighted by Crippen LogP contribution is -2.48. The molecule has 1 atom stereocenters. The van der Waals surface area contributed by atoms with E-state index in [4.69, 9.17) is 9.97 Å². The molecule has 2 saturated heterocycles. The molecule has 0 aliphatic carbocycles. The molecular formula is C20H31N5OS. The number of aliphatic hydroxyl groups is 1. The standard InChI is InChI=1S/C20H31N5OS/c1-14(26)12-24-8-10-25(11-9-24)19-18-15(2)16(3)27-20(18)22-17(21-19)13-23-6-4-5-7-23/h14,26H,4-13H2,1-3H3/t14-/m0/s1. The van der Waals surface area contributed by atoms with Crippen molar-refractivity contribution in [2.75, 3.05) is 50.7 Å². The van der Waals surface area contributed by atoms with Gasteiger partial charge in [-0.2, -0.15) is 0 Å². The van der Waals surface area contributed by atoms with E-state index in [9.17, 15) is 5.11 Å². The maximum absolute atomic E-state index is 9.66. The van der Waals surface area contributed by atoms with Gasteiger partial charge in [0.25, 0.3) is 0 Å². The Morgan fingerprint density at radius 2 is 1.70 bits per heavy atom. The molecule has 0 spiro atoms. The van der Waals surface area contributed by atoms with E-state index < -0.39 is 0 Å². The average molecular weight is 390 g/mol. The molecule has 0 radical (unpaired) electrons. The number of likely N-dealkylation sites (tertiary alicyclic amines) is 1. The molecular weight excluding hydrogens is 358 g/mol. The normalized spacial score (nSPS) is 20.7. The highest BCUT2D eigenvalue weighted by Gasteiger charge is 2.24. The lowest BCUT2D eigenvalue weighted by atomic mass is 10.2. The number of hydrogen-bond donors (Lipinski definition) is 1. The van der Waals surface area contributed by atoms with Crippen LogP contribution in [0.5, 0.6) is 0 Å². The van der Waals surface area contributed by atoms with Gasteiger partial charge in [0.15, 0.2) is 0 Å². The van der Waals surface area contributed by atoms with E-state index in [1.54, 1.807) is 11.3 Å². The number of fused-ring (bicyclic) bond motifs is 1. The van der Waals surface area contributed by atoms with Gasteiger partial charge in [0.05, 0.1) is 18.0 Å². The van der Waals surface area contributed by atoms with Crippen molar-refractivity contribution in [3.63, 3.8) is 0 Å². The zero-order chi connectivity index (χ0) is 19.0. The van der Waals surface area contributed by atoms with E-state index >= 15 is 0 Å². The summed E-state index contributed by atoms with van der Waals surface area (Å²) < 4.78 is 0. The van der Waals surface area contributed by atoms with Crippen molar-refractivity contribution in [3.05, 3.63) is 16.3 Å². The Hall–Kier alpha value is -1.28. The van der Waals surface area contributed by atoms with Crippen molar-refractivity contribution in [3.8, 4) is 0 Å². The number of thiophene rings is 1. The lowest BCUT2D eigenvalue weighted by Gasteiger charge is -2.36. The van der Waals surface area contributed by atoms with Crippen molar-refractivity contribution in [1.82, 2.24) is 19.8 Å². The van der Waals surface area contributed by atoms with Crippen LogP contribution < -0.4 is 4.90 Å². The van der Waals surface area contributed by atoms with Gasteiger partial charge in [0.1, 0.15) is 16.5 Å². The summed E-state index contributed by atoms with van der Waals surface area (Å²) in [5.74, 6) is 2.08. The highest BCUT2D eigenvalue weighted by Crippen LogP contribution is 2.35. The number of β-amino-alcohol motifs (C(OH)–C–C–N with tert-alkyl or cyclic N) is 1. The molecule has 27 heavy (non-hydrogen) atoms. The molecule has 0 saturated carbocycles. The molecule has 2 fully saturated rings. The lowest BCUT2D eigenvalue weighted by molar-refractivity contribution is 0.122. The fourth-order valence-electron chi connectivity index (χ4n) is 4.23. The van der Waals surface area contributed by atoms with Crippen LogP contribution in [-0.4, -0.2) is 76.8 Å². The molecule has 6 nitrogen and oxygen atoms in total. The van der Waals surface area contributed by atoms with Crippen molar-refractivity contribution in [2.24, 2.45) is 0 Å². The maximum atomic E-state index is 9.66. The van der Waals surface area contributed by atoms with Gasteiger partial charge in [0.2, 0.25) is 0 Å². The van der Waals surface area contributed by atoms with Crippen LogP contribution in [0.25, 0.3) is 10.2 Å². The first-order valence-corrected chi connectivity index (χ1v) is 11.0. The van der Waals surface area contributed by atoms with Crippen LogP contribution in [0.3, 0.4) is 0 Å². The Labute approximate surface area is 165 Å². The molecule has 2 aromatic heterocycles. The van der Waals surface area contributed by atoms with Gasteiger partial charge in [0, 0.05) is 37.6 Å². The third kappa shape index (κ3) is 4.11. The molecule has 2 aliphatic rings. The third-order valence-corrected chi connectivity index (χ3v) is 6.91. The number of aliphatic hydroxyl groups excluding tert-OH is 1. The third-order valence-electron chi connectivity index (χ3n) is 5.81. The molecule has 0 aromatic carbocycles. The van der Waals surface area contributed by atoms with Crippen molar-refractivity contribution >= 4 is 27.4 Å². The number of anilines is 1. The van der Waals surface area contributed by atoms with Gasteiger partial charge in [-0.15, -0.1) is 11.3 Å². The van der Waals surface area contributed by atoms with Crippen LogP contribution in [0.1, 0.15) is 36.0 Å². The smallest absolute Gasteiger partial charge is 0.146 e. The molecule has 4 rings (SSSR count). The number of aryl methyl sites for hydroxylation is 2. The number of piperazine rings is 1. The number of aromatic nitrogens is 2. The van der Waals surface area contributed by atoms with E-state index in [2.05, 4.69) is 28.5 Å². The maximum Gasteiger partial charge on any atom is 0.146 e. The zero-order valence-corrected chi connectivity index (χ0v) is 17.6. The summed E-state index contributed by atoms with van der Waals surface area (Å²) >= 11 is 1.80. The second-order valence-corrected chi connectivity index (χ2v) is 9.25. The van der Waals surface area contributed by atoms with Gasteiger partial charge in [-0.3, -0.25) is 9.80 Å². The van der Waals surface area contributed by atoms with Gasteiger partial charge < -0.3 is 10.0 Å². The van der Waals surface area contributed by atoms with E-state index in [-0.39, 0.29) is 6.10 Å². The van der Waals surface area contributed by atoms with Gasteiger partial charge >= 0.3 is 0 Å². The largest absolute Gasteiger partial charge is 0.392 e. The van der Waals surface area contributed by atoms with Crippen molar-refractivity contribution < 1.29 is 5.11 Å². The Balaban J connectivity index is 1.61. The first-order chi connectivity index (χ1) is 13.0. The second kappa shape index (κ2) is 7.99. The Morgan fingerprint density at radius 1 is 1.00 bits per heavy atom. The van der Waals surface area contributed by atoms with Crippen LogP contribution in [0, 0.1) is 13.8 Å². The van der Waals surface area contributed by atoms with Crippen LogP contribution in [0.2, 0.25) is 0 Å². The van der Waals surface area contributed by atoms with Gasteiger partial charge in [-0.25, -0.2) is 9.97 Å². The highest BCUT2D eigenvalue weighted by atomic mass is 32.1. The quantitative estimate of drug-likeness (QED) is 0.848. The van der Waals surface area contributed by atoms with Gasteiger partial charge in [-0.05, 0) is 52.3 Å². The fourth-order valence-corrected chi connectivity index (χ4v) is 5.27. The predicted molar refractivity (Wildman–Crippen MR) is 112 cm³/mol. The van der Waals surface area contributed by atoms with Crippen LogP contribution >= 0.6 is 11.3 Å². The molecule has 0 amide bonds. The topological polar surface area (TPSA) is 55.7 Å². The average Bonchev–Trinajstić information content (AvgIpc) is 3.23. The first-order valence-electron chi connectivity index (χ1n) is 10.2. The fraction of sp³-hybridized carbons (Fsp3) is 0.700.